The van der Waals surface area contributed by atoms with Crippen molar-refractivity contribution in [3.05, 3.63) is 36.0 Å². The number of carbonyl (C=O) groups excluding carboxylic acids is 1. The van der Waals surface area contributed by atoms with Crippen LogP contribution in [0.15, 0.2) is 36.0 Å². The molecule has 0 aromatic rings. The zero-order chi connectivity index (χ0) is 18.9. The van der Waals surface area contributed by atoms with Gasteiger partial charge in [0.1, 0.15) is 0 Å². The van der Waals surface area contributed by atoms with Gasteiger partial charge in [-0.05, 0) is 73.0 Å². The summed E-state index contributed by atoms with van der Waals surface area (Å²) in [5.74, 6) is 1.29. The lowest BCUT2D eigenvalue weighted by Gasteiger charge is -2.57. The zero-order valence-electron chi connectivity index (χ0n) is 15.4. The van der Waals surface area contributed by atoms with Gasteiger partial charge in [-0.1, -0.05) is 32.1 Å². The Bertz CT molecular complexity index is 842. The number of hydrogen-bond acceptors (Lipinski definition) is 4. The second kappa shape index (κ2) is 5.63. The molecule has 0 aromatic carbocycles. The molecule has 0 bridgehead atoms. The maximum Gasteiger partial charge on any atom is 0.333 e. The van der Waals surface area contributed by atoms with Crippen LogP contribution in [0.3, 0.4) is 0 Å². The fourth-order valence-electron chi connectivity index (χ4n) is 6.48. The van der Waals surface area contributed by atoms with Crippen LogP contribution in [0, 0.1) is 28.6 Å². The van der Waals surface area contributed by atoms with Gasteiger partial charge in [-0.25, -0.2) is 5.14 Å². The standard InChI is InChI=1S/C20H27NO4S/c1-12-10-14-15-4-5-18(25-26(21,23)24)20(15,3)9-7-16(14)19(2)8-6-13(22)11-17(12)19/h6,8,11,14-16,18H,1,4-5,7,9-10H2,2-3H3,(H2,21,23,24)/t14-,15-,16-,18+,19+,20-/m0/s1. The largest absolute Gasteiger partial charge is 0.333 e. The Morgan fingerprint density at radius 2 is 1.96 bits per heavy atom. The molecule has 0 aliphatic heterocycles. The highest BCUT2D eigenvalue weighted by atomic mass is 32.2. The van der Waals surface area contributed by atoms with Crippen LogP contribution in [0.25, 0.3) is 0 Å². The van der Waals surface area contributed by atoms with Crippen molar-refractivity contribution >= 4 is 16.1 Å². The Balaban J connectivity index is 1.68. The zero-order valence-corrected chi connectivity index (χ0v) is 16.2. The van der Waals surface area contributed by atoms with E-state index in [2.05, 4.69) is 26.5 Å². The summed E-state index contributed by atoms with van der Waals surface area (Å²) in [6, 6.07) is 0. The van der Waals surface area contributed by atoms with Gasteiger partial charge in [-0.2, -0.15) is 8.42 Å². The van der Waals surface area contributed by atoms with Crippen LogP contribution in [0.2, 0.25) is 0 Å². The highest BCUT2D eigenvalue weighted by Crippen LogP contribution is 2.65. The number of allylic oxidation sites excluding steroid dienone is 5. The first-order chi connectivity index (χ1) is 12.0. The monoisotopic (exact) mass is 377 g/mol. The first-order valence-corrected chi connectivity index (χ1v) is 10.9. The molecule has 4 rings (SSSR count). The molecule has 26 heavy (non-hydrogen) atoms. The highest BCUT2D eigenvalue weighted by Gasteiger charge is 2.60. The molecule has 5 nitrogen and oxygen atoms in total. The van der Waals surface area contributed by atoms with Gasteiger partial charge in [0.15, 0.2) is 5.78 Å². The van der Waals surface area contributed by atoms with Crippen molar-refractivity contribution in [1.82, 2.24) is 0 Å². The first kappa shape index (κ1) is 18.1. The minimum Gasteiger partial charge on any atom is -0.290 e. The van der Waals surface area contributed by atoms with E-state index in [0.717, 1.165) is 43.3 Å². The molecule has 2 N–H and O–H groups in total. The van der Waals surface area contributed by atoms with Crippen molar-refractivity contribution < 1.29 is 17.4 Å². The fourth-order valence-corrected chi connectivity index (χ4v) is 7.12. The lowest BCUT2D eigenvalue weighted by Crippen LogP contribution is -2.51. The Morgan fingerprint density at radius 1 is 1.23 bits per heavy atom. The molecule has 0 aromatic heterocycles. The molecule has 0 unspecified atom stereocenters. The maximum atomic E-state index is 11.9. The second-order valence-corrected chi connectivity index (χ2v) is 10.1. The third-order valence-electron chi connectivity index (χ3n) is 7.69. The Hall–Kier alpha value is -1.24. The fraction of sp³-hybridized carbons (Fsp3) is 0.650. The number of hydrogen-bond donors (Lipinski definition) is 1. The van der Waals surface area contributed by atoms with Crippen LogP contribution in [-0.2, 0) is 19.3 Å². The van der Waals surface area contributed by atoms with Crippen molar-refractivity contribution in [2.75, 3.05) is 0 Å². The van der Waals surface area contributed by atoms with Gasteiger partial charge in [-0.15, -0.1) is 0 Å². The maximum absolute atomic E-state index is 11.9. The van der Waals surface area contributed by atoms with Crippen LogP contribution < -0.4 is 5.14 Å². The van der Waals surface area contributed by atoms with E-state index in [9.17, 15) is 13.2 Å². The predicted octanol–water partition coefficient (Wildman–Crippen LogP) is 3.05. The summed E-state index contributed by atoms with van der Waals surface area (Å²) in [7, 11) is -3.95. The minimum atomic E-state index is -3.95. The quantitative estimate of drug-likeness (QED) is 0.801. The van der Waals surface area contributed by atoms with E-state index in [4.69, 9.17) is 9.32 Å². The summed E-state index contributed by atoms with van der Waals surface area (Å²) in [6.45, 7) is 8.67. The molecule has 0 amide bonds. The van der Waals surface area contributed by atoms with Gasteiger partial charge in [-0.3, -0.25) is 8.98 Å². The molecular formula is C20H27NO4S. The Labute approximate surface area is 155 Å². The molecular weight excluding hydrogens is 350 g/mol. The van der Waals surface area contributed by atoms with E-state index >= 15 is 0 Å². The topological polar surface area (TPSA) is 86.5 Å². The van der Waals surface area contributed by atoms with Crippen molar-refractivity contribution in [3.63, 3.8) is 0 Å². The normalized spacial score (nSPS) is 45.0. The molecule has 4 aliphatic carbocycles. The average molecular weight is 378 g/mol. The Kier molecular flexibility index (Phi) is 3.93. The summed E-state index contributed by atoms with van der Waals surface area (Å²) in [6.07, 6.45) is 9.62. The average Bonchev–Trinajstić information content (AvgIpc) is 2.85. The molecule has 0 saturated heterocycles. The van der Waals surface area contributed by atoms with E-state index in [1.807, 2.05) is 0 Å². The second-order valence-electron chi connectivity index (χ2n) is 8.96. The predicted molar refractivity (Wildman–Crippen MR) is 99.1 cm³/mol. The van der Waals surface area contributed by atoms with Crippen LogP contribution in [0.4, 0.5) is 0 Å². The lowest BCUT2D eigenvalue weighted by atomic mass is 9.47. The lowest BCUT2D eigenvalue weighted by molar-refractivity contribution is -0.111. The molecule has 3 saturated carbocycles. The molecule has 6 heteroatoms. The van der Waals surface area contributed by atoms with E-state index in [0.29, 0.717) is 17.8 Å². The van der Waals surface area contributed by atoms with Crippen LogP contribution in [-0.4, -0.2) is 20.3 Å². The molecule has 4 aliphatic rings. The van der Waals surface area contributed by atoms with Crippen molar-refractivity contribution in [3.8, 4) is 0 Å². The summed E-state index contributed by atoms with van der Waals surface area (Å²) in [5.41, 5.74) is 1.80. The number of fused-ring (bicyclic) bond motifs is 5. The third-order valence-corrected chi connectivity index (χ3v) is 8.19. The number of rotatable bonds is 2. The molecule has 0 spiro atoms. The summed E-state index contributed by atoms with van der Waals surface area (Å²) in [5, 5.41) is 5.16. The SMILES string of the molecule is C=C1C[C@H]2[C@@H]3CC[C@@H](OS(N)(=O)=O)[C@@]3(C)CC[C@@H]2[C@@]2(C)C=CC(=O)C=C12. The molecule has 142 valence electrons. The molecule has 0 radical (unpaired) electrons. The van der Waals surface area contributed by atoms with E-state index < -0.39 is 10.3 Å². The molecule has 6 atom stereocenters. The minimum absolute atomic E-state index is 0.0419. The van der Waals surface area contributed by atoms with Gasteiger partial charge >= 0.3 is 10.3 Å². The van der Waals surface area contributed by atoms with Crippen LogP contribution >= 0.6 is 0 Å². The van der Waals surface area contributed by atoms with Crippen molar-refractivity contribution in [2.24, 2.45) is 33.7 Å². The van der Waals surface area contributed by atoms with Crippen LogP contribution in [0.1, 0.15) is 46.0 Å². The van der Waals surface area contributed by atoms with Crippen LogP contribution in [0.5, 0.6) is 0 Å². The van der Waals surface area contributed by atoms with E-state index in [1.54, 1.807) is 12.2 Å². The van der Waals surface area contributed by atoms with E-state index in [-0.39, 0.29) is 22.7 Å². The molecule has 3 fully saturated rings. The first-order valence-electron chi connectivity index (χ1n) is 9.39. The van der Waals surface area contributed by atoms with Crippen molar-refractivity contribution in [2.45, 2.75) is 52.1 Å². The van der Waals surface area contributed by atoms with Gasteiger partial charge in [0.2, 0.25) is 0 Å². The summed E-state index contributed by atoms with van der Waals surface area (Å²) < 4.78 is 28.3. The molecule has 0 heterocycles. The van der Waals surface area contributed by atoms with Gasteiger partial charge in [0.05, 0.1) is 6.10 Å². The number of ketones is 1. The van der Waals surface area contributed by atoms with Crippen molar-refractivity contribution in [1.29, 1.82) is 0 Å². The van der Waals surface area contributed by atoms with Gasteiger partial charge < -0.3 is 0 Å². The van der Waals surface area contributed by atoms with Gasteiger partial charge in [0.25, 0.3) is 0 Å². The summed E-state index contributed by atoms with van der Waals surface area (Å²) >= 11 is 0. The third kappa shape index (κ3) is 2.57. The highest BCUT2D eigenvalue weighted by molar-refractivity contribution is 7.84. The van der Waals surface area contributed by atoms with Gasteiger partial charge in [0, 0.05) is 5.41 Å². The Morgan fingerprint density at radius 3 is 2.65 bits per heavy atom. The smallest absolute Gasteiger partial charge is 0.290 e. The summed E-state index contributed by atoms with van der Waals surface area (Å²) in [4.78, 5) is 11.9. The van der Waals surface area contributed by atoms with E-state index in [1.165, 1.54) is 0 Å². The number of carbonyl (C=O) groups is 1. The number of nitrogens with two attached hydrogens (primary N) is 1.